The van der Waals surface area contributed by atoms with Gasteiger partial charge in [0.05, 0.1) is 0 Å². The van der Waals surface area contributed by atoms with Gasteiger partial charge in [-0.1, -0.05) is 26.2 Å². The van der Waals surface area contributed by atoms with E-state index in [1.165, 1.54) is 18.7 Å². The molecule has 6 heteroatoms. The minimum absolute atomic E-state index is 0.137. The second-order valence-corrected chi connectivity index (χ2v) is 6.95. The van der Waals surface area contributed by atoms with Crippen molar-refractivity contribution in [3.05, 3.63) is 24.1 Å². The molecule has 112 valence electrons. The summed E-state index contributed by atoms with van der Waals surface area (Å²) in [6.45, 7) is 1.95. The van der Waals surface area contributed by atoms with Crippen LogP contribution in [-0.4, -0.2) is 19.4 Å². The van der Waals surface area contributed by atoms with Gasteiger partial charge in [0.1, 0.15) is 0 Å². The van der Waals surface area contributed by atoms with Gasteiger partial charge in [-0.3, -0.25) is 0 Å². The third-order valence-electron chi connectivity index (χ3n) is 3.94. The van der Waals surface area contributed by atoms with Crippen molar-refractivity contribution >= 4 is 10.0 Å². The fourth-order valence-corrected chi connectivity index (χ4v) is 4.27. The fourth-order valence-electron chi connectivity index (χ4n) is 2.87. The molecule has 1 atom stereocenters. The van der Waals surface area contributed by atoms with E-state index in [2.05, 4.69) is 9.71 Å². The smallest absolute Gasteiger partial charge is 0.241 e. The van der Waals surface area contributed by atoms with Crippen LogP contribution >= 0.6 is 0 Å². The molecule has 1 aromatic rings. The summed E-state index contributed by atoms with van der Waals surface area (Å²) in [4.78, 5) is 3.66. The number of hydrogen-bond acceptors (Lipinski definition) is 3. The maximum Gasteiger partial charge on any atom is 0.261 e. The maximum absolute atomic E-state index is 13.6. The van der Waals surface area contributed by atoms with E-state index < -0.39 is 20.9 Å². The molecule has 1 unspecified atom stereocenters. The van der Waals surface area contributed by atoms with Crippen LogP contribution in [0.5, 0.6) is 0 Å². The SMILES string of the molecule is CCC(NS(=O)(=O)c1ncccc1F)C1CCCCC1. The van der Waals surface area contributed by atoms with Crippen LogP contribution < -0.4 is 4.72 Å². The molecule has 1 N–H and O–H groups in total. The Morgan fingerprint density at radius 2 is 2.10 bits per heavy atom. The average molecular weight is 300 g/mol. The van der Waals surface area contributed by atoms with Gasteiger partial charge in [-0.25, -0.2) is 22.5 Å². The summed E-state index contributed by atoms with van der Waals surface area (Å²) in [5, 5.41) is -0.505. The Morgan fingerprint density at radius 3 is 2.70 bits per heavy atom. The summed E-state index contributed by atoms with van der Waals surface area (Å²) < 4.78 is 40.7. The van der Waals surface area contributed by atoms with Gasteiger partial charge in [0, 0.05) is 12.2 Å². The van der Waals surface area contributed by atoms with Crippen LogP contribution in [0.1, 0.15) is 45.4 Å². The van der Waals surface area contributed by atoms with E-state index >= 15 is 0 Å². The van der Waals surface area contributed by atoms with Gasteiger partial charge >= 0.3 is 0 Å². The molecule has 1 aliphatic carbocycles. The first-order valence-electron chi connectivity index (χ1n) is 7.17. The molecule has 1 saturated carbocycles. The van der Waals surface area contributed by atoms with Crippen molar-refractivity contribution in [2.75, 3.05) is 0 Å². The van der Waals surface area contributed by atoms with Gasteiger partial charge in [-0.15, -0.1) is 0 Å². The normalized spacial score (nSPS) is 18.9. The first-order chi connectivity index (χ1) is 9.54. The topological polar surface area (TPSA) is 59.1 Å². The number of hydrogen-bond donors (Lipinski definition) is 1. The Hall–Kier alpha value is -1.01. The van der Waals surface area contributed by atoms with Gasteiger partial charge in [0.25, 0.3) is 10.0 Å². The van der Waals surface area contributed by atoms with E-state index in [4.69, 9.17) is 0 Å². The molecule has 20 heavy (non-hydrogen) atoms. The largest absolute Gasteiger partial charge is 0.261 e. The highest BCUT2D eigenvalue weighted by molar-refractivity contribution is 7.89. The molecule has 0 aliphatic heterocycles. The lowest BCUT2D eigenvalue weighted by Gasteiger charge is -2.29. The molecule has 4 nitrogen and oxygen atoms in total. The average Bonchev–Trinajstić information content (AvgIpc) is 2.46. The minimum Gasteiger partial charge on any atom is -0.241 e. The first kappa shape index (κ1) is 15.4. The van der Waals surface area contributed by atoms with Crippen molar-refractivity contribution in [3.63, 3.8) is 0 Å². The third kappa shape index (κ3) is 3.55. The number of aromatic nitrogens is 1. The highest BCUT2D eigenvalue weighted by Crippen LogP contribution is 2.28. The van der Waals surface area contributed by atoms with Crippen LogP contribution in [0.3, 0.4) is 0 Å². The van der Waals surface area contributed by atoms with Crippen molar-refractivity contribution in [2.45, 2.75) is 56.5 Å². The van der Waals surface area contributed by atoms with E-state index in [1.54, 1.807) is 0 Å². The standard InChI is InChI=1S/C14H21FN2O2S/c1-2-13(11-7-4-3-5-8-11)17-20(18,19)14-12(15)9-6-10-16-14/h6,9-11,13,17H,2-5,7-8H2,1H3. The molecular weight excluding hydrogens is 279 g/mol. The number of sulfonamides is 1. The number of halogens is 1. The van der Waals surface area contributed by atoms with Crippen LogP contribution in [0, 0.1) is 11.7 Å². The predicted molar refractivity (Wildman–Crippen MR) is 75.2 cm³/mol. The van der Waals surface area contributed by atoms with E-state index in [0.717, 1.165) is 31.7 Å². The van der Waals surface area contributed by atoms with Crippen LogP contribution in [-0.2, 0) is 10.0 Å². The van der Waals surface area contributed by atoms with E-state index in [1.807, 2.05) is 6.92 Å². The Labute approximate surface area is 119 Å². The van der Waals surface area contributed by atoms with Gasteiger partial charge < -0.3 is 0 Å². The molecule has 2 rings (SSSR count). The lowest BCUT2D eigenvalue weighted by atomic mass is 9.83. The molecule has 0 spiro atoms. The van der Waals surface area contributed by atoms with Crippen LogP contribution in [0.4, 0.5) is 4.39 Å². The Kier molecular flexibility index (Phi) is 5.10. The zero-order valence-electron chi connectivity index (χ0n) is 11.7. The van der Waals surface area contributed by atoms with Crippen LogP contribution in [0.25, 0.3) is 0 Å². The van der Waals surface area contributed by atoms with Crippen molar-refractivity contribution in [2.24, 2.45) is 5.92 Å². The summed E-state index contributed by atoms with van der Waals surface area (Å²) in [7, 11) is -3.89. The molecule has 0 radical (unpaired) electrons. The summed E-state index contributed by atoms with van der Waals surface area (Å²) in [6, 6.07) is 2.36. The molecule has 1 heterocycles. The van der Waals surface area contributed by atoms with E-state index in [0.29, 0.717) is 12.3 Å². The van der Waals surface area contributed by atoms with Gasteiger partial charge in [0.2, 0.25) is 5.03 Å². The zero-order valence-corrected chi connectivity index (χ0v) is 12.5. The number of rotatable bonds is 5. The number of nitrogens with one attached hydrogen (secondary N) is 1. The molecule has 1 aliphatic rings. The predicted octanol–water partition coefficient (Wildman–Crippen LogP) is 2.86. The van der Waals surface area contributed by atoms with Crippen molar-refractivity contribution < 1.29 is 12.8 Å². The number of nitrogens with zero attached hydrogens (tertiary/aromatic N) is 1. The summed E-state index contributed by atoms with van der Waals surface area (Å²) in [5.41, 5.74) is 0. The summed E-state index contributed by atoms with van der Waals surface area (Å²) >= 11 is 0. The molecule has 1 aromatic heterocycles. The van der Waals surface area contributed by atoms with Crippen molar-refractivity contribution in [3.8, 4) is 0 Å². The van der Waals surface area contributed by atoms with Crippen molar-refractivity contribution in [1.29, 1.82) is 0 Å². The highest BCUT2D eigenvalue weighted by Gasteiger charge is 2.29. The minimum atomic E-state index is -3.89. The summed E-state index contributed by atoms with van der Waals surface area (Å²) in [5.74, 6) is -0.464. The van der Waals surface area contributed by atoms with E-state index in [9.17, 15) is 12.8 Å². The molecule has 0 saturated heterocycles. The second-order valence-electron chi connectivity index (χ2n) is 5.32. The van der Waals surface area contributed by atoms with Gasteiger partial charge in [0.15, 0.2) is 5.82 Å². The maximum atomic E-state index is 13.6. The lowest BCUT2D eigenvalue weighted by Crippen LogP contribution is -2.41. The van der Waals surface area contributed by atoms with Gasteiger partial charge in [-0.05, 0) is 37.3 Å². The first-order valence-corrected chi connectivity index (χ1v) is 8.65. The van der Waals surface area contributed by atoms with Crippen LogP contribution in [0.15, 0.2) is 23.4 Å². The molecule has 1 fully saturated rings. The fraction of sp³-hybridized carbons (Fsp3) is 0.643. The lowest BCUT2D eigenvalue weighted by molar-refractivity contribution is 0.285. The van der Waals surface area contributed by atoms with Gasteiger partial charge in [-0.2, -0.15) is 0 Å². The molecule has 0 amide bonds. The molecule has 0 aromatic carbocycles. The van der Waals surface area contributed by atoms with E-state index in [-0.39, 0.29) is 6.04 Å². The zero-order chi connectivity index (χ0) is 14.6. The Morgan fingerprint density at radius 1 is 1.40 bits per heavy atom. The Balaban J connectivity index is 2.15. The van der Waals surface area contributed by atoms with Crippen LogP contribution in [0.2, 0.25) is 0 Å². The van der Waals surface area contributed by atoms with Crippen molar-refractivity contribution in [1.82, 2.24) is 9.71 Å². The quantitative estimate of drug-likeness (QED) is 0.909. The Bertz CT molecular complexity index is 542. The third-order valence-corrected chi connectivity index (χ3v) is 5.37. The highest BCUT2D eigenvalue weighted by atomic mass is 32.2. The summed E-state index contributed by atoms with van der Waals surface area (Å²) in [6.07, 6.45) is 7.56. The number of pyridine rings is 1. The molecule has 0 bridgehead atoms. The molecular formula is C14H21FN2O2S. The second kappa shape index (κ2) is 6.63. The monoisotopic (exact) mass is 300 g/mol.